The van der Waals surface area contributed by atoms with Gasteiger partial charge in [-0.15, -0.1) is 9.15 Å². The Kier molecular flexibility index (Phi) is 4.04. The van der Waals surface area contributed by atoms with Gasteiger partial charge in [-0.2, -0.15) is 0 Å². The lowest BCUT2D eigenvalue weighted by Crippen LogP contribution is -2.28. The van der Waals surface area contributed by atoms with Gasteiger partial charge in [-0.25, -0.2) is 0 Å². The number of aryl methyl sites for hydroxylation is 4. The SMILES string of the molecule is Cc1cccc(C)c1[N+]1=C2C(=[N+](c3c(C)cccc3C)C1C)c1cccc3cccc2c13. The minimum absolute atomic E-state index is 0.170. The molecule has 4 aromatic carbocycles. The summed E-state index contributed by atoms with van der Waals surface area (Å²) in [5.41, 5.74) is 13.3. The largest absolute Gasteiger partial charge is 0.351 e. The number of hydrogen-bond donors (Lipinski definition) is 0. The quantitative estimate of drug-likeness (QED) is 0.320. The summed E-state index contributed by atoms with van der Waals surface area (Å²) in [5.74, 6) is 0. The van der Waals surface area contributed by atoms with E-state index in [-0.39, 0.29) is 6.17 Å². The Morgan fingerprint density at radius 1 is 0.531 bits per heavy atom. The number of benzene rings is 4. The van der Waals surface area contributed by atoms with Gasteiger partial charge in [-0.3, -0.25) is 0 Å². The van der Waals surface area contributed by atoms with Gasteiger partial charge in [-0.05, 0) is 45.2 Å². The first kappa shape index (κ1) is 19.2. The highest BCUT2D eigenvalue weighted by Gasteiger charge is 2.54. The first-order valence-corrected chi connectivity index (χ1v) is 11.5. The van der Waals surface area contributed by atoms with Gasteiger partial charge in [0.25, 0.3) is 11.4 Å². The van der Waals surface area contributed by atoms with E-state index in [0.717, 1.165) is 0 Å². The van der Waals surface area contributed by atoms with Gasteiger partial charge in [0, 0.05) is 27.6 Å². The highest BCUT2D eigenvalue weighted by atomic mass is 15.3. The van der Waals surface area contributed by atoms with E-state index in [1.54, 1.807) is 0 Å². The van der Waals surface area contributed by atoms with Crippen molar-refractivity contribution in [3.05, 3.63) is 106 Å². The minimum Gasteiger partial charge on any atom is -0.123 e. The zero-order valence-corrected chi connectivity index (χ0v) is 19.4. The Bertz CT molecular complexity index is 1370. The molecule has 0 amide bonds. The standard InChI is InChI=1S/C30H28N2/c1-18-10-6-11-19(2)27(18)31-22(5)32(28-20(3)12-7-13-21(28)4)30-25-17-9-15-23-14-8-16-24(26(23)25)29(30)31/h6-17,22H,1-5H3/q+2. The lowest BCUT2D eigenvalue weighted by molar-refractivity contribution is -0.688. The van der Waals surface area contributed by atoms with Crippen LogP contribution in [0.15, 0.2) is 72.8 Å². The maximum Gasteiger partial charge on any atom is 0.351 e. The molecule has 0 fully saturated rings. The molecule has 2 aliphatic rings. The van der Waals surface area contributed by atoms with Crippen LogP contribution >= 0.6 is 0 Å². The van der Waals surface area contributed by atoms with Crippen molar-refractivity contribution in [2.45, 2.75) is 40.8 Å². The number of nitrogens with zero attached hydrogens (tertiary/aromatic N) is 2. The Morgan fingerprint density at radius 3 is 1.31 bits per heavy atom. The molecule has 1 aliphatic heterocycles. The summed E-state index contributed by atoms with van der Waals surface area (Å²) in [4.78, 5) is 0. The molecule has 1 aliphatic carbocycles. The van der Waals surface area contributed by atoms with E-state index in [1.807, 2.05) is 0 Å². The van der Waals surface area contributed by atoms with E-state index in [2.05, 4.69) is 117 Å². The second-order valence-corrected chi connectivity index (χ2v) is 9.26. The molecular formula is C30H28N2+2. The molecule has 2 nitrogen and oxygen atoms in total. The van der Waals surface area contributed by atoms with Crippen LogP contribution in [0.5, 0.6) is 0 Å². The molecule has 0 radical (unpaired) electrons. The first-order chi connectivity index (χ1) is 15.5. The summed E-state index contributed by atoms with van der Waals surface area (Å²) in [7, 11) is 0. The molecule has 0 spiro atoms. The maximum atomic E-state index is 2.58. The summed E-state index contributed by atoms with van der Waals surface area (Å²) in [5, 5.41) is 2.68. The summed E-state index contributed by atoms with van der Waals surface area (Å²) in [6, 6.07) is 26.7. The summed E-state index contributed by atoms with van der Waals surface area (Å²) in [6.07, 6.45) is 0.170. The zero-order valence-electron chi connectivity index (χ0n) is 19.4. The van der Waals surface area contributed by atoms with Crippen LogP contribution in [0, 0.1) is 27.7 Å². The van der Waals surface area contributed by atoms with Gasteiger partial charge in [-0.1, -0.05) is 60.7 Å². The van der Waals surface area contributed by atoms with E-state index in [1.165, 1.54) is 67.0 Å². The van der Waals surface area contributed by atoms with Gasteiger partial charge < -0.3 is 0 Å². The monoisotopic (exact) mass is 416 g/mol. The van der Waals surface area contributed by atoms with Crippen LogP contribution in [0.1, 0.15) is 40.3 Å². The average molecular weight is 417 g/mol. The molecule has 156 valence electrons. The van der Waals surface area contributed by atoms with Crippen molar-refractivity contribution >= 4 is 33.6 Å². The van der Waals surface area contributed by atoms with Crippen LogP contribution in [0.25, 0.3) is 10.8 Å². The Morgan fingerprint density at radius 2 is 0.906 bits per heavy atom. The smallest absolute Gasteiger partial charge is 0.123 e. The molecule has 0 bridgehead atoms. The van der Waals surface area contributed by atoms with Crippen LogP contribution in [0.2, 0.25) is 0 Å². The van der Waals surface area contributed by atoms with Crippen molar-refractivity contribution < 1.29 is 9.15 Å². The van der Waals surface area contributed by atoms with Crippen LogP contribution in [-0.4, -0.2) is 26.7 Å². The lowest BCUT2D eigenvalue weighted by Gasteiger charge is -2.13. The highest BCUT2D eigenvalue weighted by molar-refractivity contribution is 6.58. The van der Waals surface area contributed by atoms with E-state index in [0.29, 0.717) is 0 Å². The van der Waals surface area contributed by atoms with E-state index < -0.39 is 0 Å². The third kappa shape index (κ3) is 2.41. The molecule has 32 heavy (non-hydrogen) atoms. The fourth-order valence-electron chi connectivity index (χ4n) is 5.94. The zero-order chi connectivity index (χ0) is 22.1. The Balaban J connectivity index is 1.80. The van der Waals surface area contributed by atoms with Crippen molar-refractivity contribution in [2.75, 3.05) is 0 Å². The van der Waals surface area contributed by atoms with Gasteiger partial charge in [0.15, 0.2) is 0 Å². The van der Waals surface area contributed by atoms with Gasteiger partial charge in [0.05, 0.1) is 18.1 Å². The molecule has 2 heteroatoms. The predicted molar refractivity (Wildman–Crippen MR) is 133 cm³/mol. The minimum atomic E-state index is 0.170. The van der Waals surface area contributed by atoms with Crippen LogP contribution in [0.3, 0.4) is 0 Å². The molecule has 0 saturated heterocycles. The van der Waals surface area contributed by atoms with Gasteiger partial charge in [0.2, 0.25) is 11.4 Å². The number of hydrogen-bond acceptors (Lipinski definition) is 0. The van der Waals surface area contributed by atoms with E-state index >= 15 is 0 Å². The Hall–Kier alpha value is -3.52. The molecule has 0 aromatic heterocycles. The fourth-order valence-corrected chi connectivity index (χ4v) is 5.94. The third-order valence-electron chi connectivity index (χ3n) is 7.23. The van der Waals surface area contributed by atoms with Crippen LogP contribution in [-0.2, 0) is 0 Å². The second-order valence-electron chi connectivity index (χ2n) is 9.26. The predicted octanol–water partition coefficient (Wildman–Crippen LogP) is 6.71. The lowest BCUT2D eigenvalue weighted by atomic mass is 10.0. The van der Waals surface area contributed by atoms with Crippen molar-refractivity contribution in [3.8, 4) is 0 Å². The fraction of sp³-hybridized carbons (Fsp3) is 0.200. The third-order valence-corrected chi connectivity index (χ3v) is 7.23. The van der Waals surface area contributed by atoms with Gasteiger partial charge >= 0.3 is 6.17 Å². The Labute approximate surface area is 189 Å². The molecule has 6 rings (SSSR count). The van der Waals surface area contributed by atoms with Crippen molar-refractivity contribution in [3.63, 3.8) is 0 Å². The molecule has 0 saturated carbocycles. The second kappa shape index (κ2) is 6.74. The van der Waals surface area contributed by atoms with Crippen molar-refractivity contribution in [1.82, 2.24) is 0 Å². The molecular weight excluding hydrogens is 388 g/mol. The van der Waals surface area contributed by atoms with Crippen molar-refractivity contribution in [1.29, 1.82) is 0 Å². The summed E-state index contributed by atoms with van der Waals surface area (Å²) in [6.45, 7) is 11.3. The molecule has 4 aromatic rings. The van der Waals surface area contributed by atoms with Crippen LogP contribution in [0.4, 0.5) is 11.4 Å². The topological polar surface area (TPSA) is 6.02 Å². The number of para-hydroxylation sites is 2. The highest BCUT2D eigenvalue weighted by Crippen LogP contribution is 2.41. The van der Waals surface area contributed by atoms with Crippen molar-refractivity contribution in [2.24, 2.45) is 0 Å². The van der Waals surface area contributed by atoms with Crippen LogP contribution < -0.4 is 0 Å². The number of fused-ring (bicyclic) bond motifs is 3. The normalized spacial score (nSPS) is 15.3. The van der Waals surface area contributed by atoms with E-state index in [9.17, 15) is 0 Å². The van der Waals surface area contributed by atoms with E-state index in [4.69, 9.17) is 0 Å². The first-order valence-electron chi connectivity index (χ1n) is 11.5. The molecule has 0 atom stereocenters. The average Bonchev–Trinajstić information content (AvgIpc) is 3.23. The summed E-state index contributed by atoms with van der Waals surface area (Å²) < 4.78 is 5.17. The maximum absolute atomic E-state index is 2.58. The summed E-state index contributed by atoms with van der Waals surface area (Å²) >= 11 is 0. The molecule has 1 heterocycles. The number of rotatable bonds is 2. The van der Waals surface area contributed by atoms with Gasteiger partial charge in [0.1, 0.15) is 0 Å². The molecule has 0 N–H and O–H groups in total. The molecule has 0 unspecified atom stereocenters.